The molecule has 0 saturated carbocycles. The highest BCUT2D eigenvalue weighted by atomic mass is 79.9. The van der Waals surface area contributed by atoms with Gasteiger partial charge in [-0.3, -0.25) is 0 Å². The number of hydrogen-bond donors (Lipinski definition) is 1. The lowest BCUT2D eigenvalue weighted by Crippen LogP contribution is -2.02. The monoisotopic (exact) mass is 344 g/mol. The van der Waals surface area contributed by atoms with Crippen LogP contribution in [0, 0.1) is 0 Å². The number of rotatable bonds is 3. The quantitative estimate of drug-likeness (QED) is 0.826. The molecule has 0 heterocycles. The van der Waals surface area contributed by atoms with Gasteiger partial charge in [0.15, 0.2) is 0 Å². The van der Waals surface area contributed by atoms with E-state index in [9.17, 15) is 5.11 Å². The molecule has 1 N–H and O–H groups in total. The maximum atomic E-state index is 10.2. The molecular weight excluding hydrogens is 335 g/mol. The van der Waals surface area contributed by atoms with E-state index in [0.717, 1.165) is 15.6 Å². The predicted octanol–water partition coefficient (Wildman–Crippen LogP) is 5.03. The number of aliphatic hydroxyl groups is 1. The summed E-state index contributed by atoms with van der Waals surface area (Å²) in [5, 5.41) is 11.4. The lowest BCUT2D eigenvalue weighted by molar-refractivity contribution is 0.178. The molecule has 1 atom stereocenters. The van der Waals surface area contributed by atoms with Gasteiger partial charge < -0.3 is 5.11 Å². The van der Waals surface area contributed by atoms with Crippen LogP contribution in [0.5, 0.6) is 0 Å². The average molecular weight is 346 g/mol. The van der Waals surface area contributed by atoms with Gasteiger partial charge in [-0.1, -0.05) is 57.3 Å². The molecule has 2 aromatic carbocycles. The van der Waals surface area contributed by atoms with Gasteiger partial charge in [-0.2, -0.15) is 0 Å². The molecule has 1 nitrogen and oxygen atoms in total. The molecule has 2 aromatic rings. The Morgan fingerprint density at radius 2 is 1.67 bits per heavy atom. The van der Waals surface area contributed by atoms with Crippen LogP contribution in [0.3, 0.4) is 0 Å². The van der Waals surface area contributed by atoms with Gasteiger partial charge in [0.25, 0.3) is 0 Å². The number of benzene rings is 2. The highest BCUT2D eigenvalue weighted by Crippen LogP contribution is 2.29. The minimum Gasteiger partial charge on any atom is -0.388 e. The molecule has 2 rings (SSSR count). The smallest absolute Gasteiger partial charge is 0.0831 e. The van der Waals surface area contributed by atoms with Crippen LogP contribution in [0.4, 0.5) is 0 Å². The van der Waals surface area contributed by atoms with E-state index in [1.807, 2.05) is 24.3 Å². The number of hydrogen-bond acceptors (Lipinski definition) is 1. The van der Waals surface area contributed by atoms with Crippen molar-refractivity contribution in [1.29, 1.82) is 0 Å². The van der Waals surface area contributed by atoms with Crippen molar-refractivity contribution in [2.75, 3.05) is 0 Å². The number of halogens is 3. The minimum absolute atomic E-state index is 0.398. The summed E-state index contributed by atoms with van der Waals surface area (Å²) in [7, 11) is 0. The molecule has 1 unspecified atom stereocenters. The first-order valence-corrected chi connectivity index (χ1v) is 6.99. The zero-order valence-electron chi connectivity index (χ0n) is 9.41. The van der Waals surface area contributed by atoms with Crippen molar-refractivity contribution in [3.05, 3.63) is 68.1 Å². The molecular formula is C14H11BrCl2O. The van der Waals surface area contributed by atoms with Crippen molar-refractivity contribution in [3.63, 3.8) is 0 Å². The maximum Gasteiger partial charge on any atom is 0.0831 e. The molecule has 0 aliphatic heterocycles. The Balaban J connectivity index is 2.24. The Hall–Kier alpha value is -0.540. The van der Waals surface area contributed by atoms with E-state index in [0.29, 0.717) is 16.5 Å². The summed E-state index contributed by atoms with van der Waals surface area (Å²) in [6.45, 7) is 0. The van der Waals surface area contributed by atoms with E-state index in [1.165, 1.54) is 0 Å². The molecule has 0 fully saturated rings. The highest BCUT2D eigenvalue weighted by molar-refractivity contribution is 9.10. The van der Waals surface area contributed by atoms with Crippen LogP contribution in [-0.4, -0.2) is 5.11 Å². The Morgan fingerprint density at radius 1 is 1.06 bits per heavy atom. The molecule has 0 aliphatic carbocycles. The van der Waals surface area contributed by atoms with Gasteiger partial charge in [0.1, 0.15) is 0 Å². The van der Waals surface area contributed by atoms with Crippen molar-refractivity contribution in [2.24, 2.45) is 0 Å². The molecule has 94 valence electrons. The van der Waals surface area contributed by atoms with Crippen molar-refractivity contribution in [2.45, 2.75) is 12.5 Å². The van der Waals surface area contributed by atoms with Crippen LogP contribution >= 0.6 is 39.1 Å². The van der Waals surface area contributed by atoms with Crippen molar-refractivity contribution in [3.8, 4) is 0 Å². The predicted molar refractivity (Wildman–Crippen MR) is 79.3 cm³/mol. The lowest BCUT2D eigenvalue weighted by Gasteiger charge is -2.13. The van der Waals surface area contributed by atoms with Crippen molar-refractivity contribution < 1.29 is 5.11 Å². The molecule has 0 radical (unpaired) electrons. The molecule has 0 bridgehead atoms. The molecule has 0 spiro atoms. The summed E-state index contributed by atoms with van der Waals surface area (Å²) in [5.41, 5.74) is 1.61. The largest absolute Gasteiger partial charge is 0.388 e. The van der Waals surface area contributed by atoms with Crippen LogP contribution in [0.2, 0.25) is 10.0 Å². The van der Waals surface area contributed by atoms with Crippen molar-refractivity contribution in [1.82, 2.24) is 0 Å². The van der Waals surface area contributed by atoms with E-state index in [2.05, 4.69) is 15.9 Å². The normalized spacial score (nSPS) is 12.4. The Labute approximate surface area is 124 Å². The third kappa shape index (κ3) is 3.27. The Kier molecular flexibility index (Phi) is 4.68. The zero-order valence-corrected chi connectivity index (χ0v) is 12.5. The summed E-state index contributed by atoms with van der Waals surface area (Å²) in [5.74, 6) is 0. The first-order valence-electron chi connectivity index (χ1n) is 5.44. The molecule has 0 aliphatic rings. The molecule has 4 heteroatoms. The fraction of sp³-hybridized carbons (Fsp3) is 0.143. The second-order valence-corrected chi connectivity index (χ2v) is 5.71. The van der Waals surface area contributed by atoms with Crippen LogP contribution in [-0.2, 0) is 6.42 Å². The Bertz CT molecular complexity index is 537. The minimum atomic E-state index is -0.625. The molecule has 0 saturated heterocycles. The Morgan fingerprint density at radius 3 is 2.28 bits per heavy atom. The molecule has 18 heavy (non-hydrogen) atoms. The van der Waals surface area contributed by atoms with Gasteiger partial charge in [-0.25, -0.2) is 0 Å². The highest BCUT2D eigenvalue weighted by Gasteiger charge is 2.13. The van der Waals surface area contributed by atoms with E-state index in [1.54, 1.807) is 18.2 Å². The fourth-order valence-corrected chi connectivity index (χ4v) is 2.72. The summed E-state index contributed by atoms with van der Waals surface area (Å²) in [4.78, 5) is 0. The summed E-state index contributed by atoms with van der Waals surface area (Å²) < 4.78 is 0.935. The fourth-order valence-electron chi connectivity index (χ4n) is 1.75. The lowest BCUT2D eigenvalue weighted by atomic mass is 10.0. The van der Waals surface area contributed by atoms with Crippen LogP contribution < -0.4 is 0 Å². The van der Waals surface area contributed by atoms with Gasteiger partial charge in [0.2, 0.25) is 0 Å². The summed E-state index contributed by atoms with van der Waals surface area (Å²) >= 11 is 15.6. The number of aliphatic hydroxyl groups excluding tert-OH is 1. The first-order chi connectivity index (χ1) is 8.58. The van der Waals surface area contributed by atoms with E-state index in [4.69, 9.17) is 23.2 Å². The summed E-state index contributed by atoms with van der Waals surface area (Å²) in [6, 6.07) is 12.9. The molecule has 0 aromatic heterocycles. The van der Waals surface area contributed by atoms with Gasteiger partial charge in [-0.05, 0) is 35.4 Å². The third-order valence-corrected chi connectivity index (χ3v) is 3.89. The van der Waals surface area contributed by atoms with Crippen LogP contribution in [0.25, 0.3) is 0 Å². The second-order valence-electron chi connectivity index (χ2n) is 3.98. The zero-order chi connectivity index (χ0) is 13.1. The van der Waals surface area contributed by atoms with Crippen LogP contribution in [0.15, 0.2) is 46.9 Å². The molecule has 0 amide bonds. The average Bonchev–Trinajstić information content (AvgIpc) is 2.34. The summed E-state index contributed by atoms with van der Waals surface area (Å²) in [6.07, 6.45) is -0.227. The van der Waals surface area contributed by atoms with Gasteiger partial charge in [-0.15, -0.1) is 0 Å². The SMILES string of the molecule is OC(Cc1c(Cl)cccc1Cl)c1cccc(Br)c1. The van der Waals surface area contributed by atoms with E-state index in [-0.39, 0.29) is 0 Å². The van der Waals surface area contributed by atoms with Crippen molar-refractivity contribution >= 4 is 39.1 Å². The first kappa shape index (κ1) is 13.9. The third-order valence-electron chi connectivity index (χ3n) is 2.69. The standard InChI is InChI=1S/C14H11BrCl2O/c15-10-4-1-3-9(7-10)14(18)8-11-12(16)5-2-6-13(11)17/h1-7,14,18H,8H2. The van der Waals surface area contributed by atoms with Gasteiger partial charge in [0, 0.05) is 20.9 Å². The maximum absolute atomic E-state index is 10.2. The van der Waals surface area contributed by atoms with E-state index >= 15 is 0 Å². The van der Waals surface area contributed by atoms with Crippen LogP contribution in [0.1, 0.15) is 17.2 Å². The van der Waals surface area contributed by atoms with Gasteiger partial charge >= 0.3 is 0 Å². The van der Waals surface area contributed by atoms with E-state index < -0.39 is 6.10 Å². The topological polar surface area (TPSA) is 20.2 Å². The second kappa shape index (κ2) is 6.07. The van der Waals surface area contributed by atoms with Gasteiger partial charge in [0.05, 0.1) is 6.10 Å².